The van der Waals surface area contributed by atoms with Gasteiger partial charge in [0.25, 0.3) is 0 Å². The molecule has 29 heavy (non-hydrogen) atoms. The molecule has 8 heteroatoms. The van der Waals surface area contributed by atoms with Gasteiger partial charge in [-0.05, 0) is 43.7 Å². The molecular weight excluding hydrogens is 388 g/mol. The molecule has 1 amide bonds. The molecule has 3 aromatic rings. The number of sulfonamides is 1. The standard InChI is InChI=1S/C21H26N4O3S/c1-6-20-23-17-9-7-8-10-18(17)25(20)15(3)21(26)22-16-12-11-14(2)19(13-16)29(27,28)24(4)5/h7-13,15H,6H2,1-5H3,(H,22,26)/t15-/m0/s1. The van der Waals surface area contributed by atoms with E-state index >= 15 is 0 Å². The first-order chi connectivity index (χ1) is 13.7. The van der Waals surface area contributed by atoms with Crippen molar-refractivity contribution >= 4 is 32.7 Å². The minimum Gasteiger partial charge on any atom is -0.324 e. The lowest BCUT2D eigenvalue weighted by molar-refractivity contribution is -0.118. The largest absolute Gasteiger partial charge is 0.324 e. The Hall–Kier alpha value is -2.71. The zero-order chi connectivity index (χ0) is 21.3. The highest BCUT2D eigenvalue weighted by atomic mass is 32.2. The summed E-state index contributed by atoms with van der Waals surface area (Å²) in [5.74, 6) is 0.591. The van der Waals surface area contributed by atoms with Crippen LogP contribution < -0.4 is 5.32 Å². The topological polar surface area (TPSA) is 84.3 Å². The molecule has 2 aromatic carbocycles. The Kier molecular flexibility index (Phi) is 5.77. The molecule has 1 heterocycles. The maximum atomic E-state index is 13.0. The Bertz CT molecular complexity index is 1170. The van der Waals surface area contributed by atoms with Crippen molar-refractivity contribution in [3.63, 3.8) is 0 Å². The summed E-state index contributed by atoms with van der Waals surface area (Å²) < 4.78 is 28.2. The van der Waals surface area contributed by atoms with Crippen LogP contribution in [0, 0.1) is 6.92 Å². The van der Waals surface area contributed by atoms with Crippen LogP contribution in [-0.4, -0.2) is 42.3 Å². The van der Waals surface area contributed by atoms with Crippen LogP contribution in [0.15, 0.2) is 47.4 Å². The number of aryl methyl sites for hydroxylation is 2. The van der Waals surface area contributed by atoms with Crippen LogP contribution in [0.5, 0.6) is 0 Å². The first-order valence-corrected chi connectivity index (χ1v) is 10.9. The van der Waals surface area contributed by atoms with Crippen molar-refractivity contribution in [3.8, 4) is 0 Å². The van der Waals surface area contributed by atoms with Gasteiger partial charge in [-0.25, -0.2) is 17.7 Å². The minimum atomic E-state index is -3.60. The number of imidazole rings is 1. The zero-order valence-electron chi connectivity index (χ0n) is 17.3. The van der Waals surface area contributed by atoms with Gasteiger partial charge in [0.15, 0.2) is 0 Å². The van der Waals surface area contributed by atoms with Crippen LogP contribution in [-0.2, 0) is 21.2 Å². The Morgan fingerprint density at radius 1 is 1.21 bits per heavy atom. The van der Waals surface area contributed by atoms with Gasteiger partial charge >= 0.3 is 0 Å². The van der Waals surface area contributed by atoms with E-state index in [1.165, 1.54) is 20.2 Å². The van der Waals surface area contributed by atoms with Crippen molar-refractivity contribution in [1.82, 2.24) is 13.9 Å². The Labute approximate surface area is 171 Å². The number of hydrogen-bond donors (Lipinski definition) is 1. The van der Waals surface area contributed by atoms with Crippen LogP contribution in [0.1, 0.15) is 31.3 Å². The Morgan fingerprint density at radius 3 is 2.55 bits per heavy atom. The van der Waals surface area contributed by atoms with Gasteiger partial charge in [-0.3, -0.25) is 4.79 Å². The average molecular weight is 415 g/mol. The fourth-order valence-electron chi connectivity index (χ4n) is 3.29. The second-order valence-electron chi connectivity index (χ2n) is 7.17. The lowest BCUT2D eigenvalue weighted by Crippen LogP contribution is -2.26. The highest BCUT2D eigenvalue weighted by Gasteiger charge is 2.23. The van der Waals surface area contributed by atoms with Gasteiger partial charge < -0.3 is 9.88 Å². The third-order valence-electron chi connectivity index (χ3n) is 4.97. The molecule has 3 rings (SSSR count). The molecule has 154 valence electrons. The van der Waals surface area contributed by atoms with E-state index in [0.717, 1.165) is 21.2 Å². The lowest BCUT2D eigenvalue weighted by Gasteiger charge is -2.18. The summed E-state index contributed by atoms with van der Waals surface area (Å²) in [5, 5.41) is 2.85. The smallest absolute Gasteiger partial charge is 0.247 e. The predicted octanol–water partition coefficient (Wildman–Crippen LogP) is 3.36. The summed E-state index contributed by atoms with van der Waals surface area (Å²) >= 11 is 0. The van der Waals surface area contributed by atoms with Crippen LogP contribution in [0.25, 0.3) is 11.0 Å². The van der Waals surface area contributed by atoms with Gasteiger partial charge in [0.05, 0.1) is 15.9 Å². The third-order valence-corrected chi connectivity index (χ3v) is 6.92. The van der Waals surface area contributed by atoms with Crippen molar-refractivity contribution in [2.45, 2.75) is 38.1 Å². The molecule has 0 bridgehead atoms. The maximum Gasteiger partial charge on any atom is 0.247 e. The van der Waals surface area contributed by atoms with Gasteiger partial charge in [-0.2, -0.15) is 0 Å². The van der Waals surface area contributed by atoms with Gasteiger partial charge in [0.2, 0.25) is 15.9 Å². The number of benzene rings is 2. The number of carbonyl (C=O) groups excluding carboxylic acids is 1. The zero-order valence-corrected chi connectivity index (χ0v) is 18.1. The van der Waals surface area contributed by atoms with E-state index in [0.29, 0.717) is 17.7 Å². The fourth-order valence-corrected chi connectivity index (χ4v) is 4.44. The molecule has 0 radical (unpaired) electrons. The summed E-state index contributed by atoms with van der Waals surface area (Å²) in [6, 6.07) is 12.1. The second-order valence-corrected chi connectivity index (χ2v) is 9.29. The molecule has 1 N–H and O–H groups in total. The Balaban J connectivity index is 1.94. The van der Waals surface area contributed by atoms with E-state index in [2.05, 4.69) is 10.3 Å². The number of amides is 1. The maximum absolute atomic E-state index is 13.0. The number of rotatable bonds is 6. The molecule has 1 atom stereocenters. The summed E-state index contributed by atoms with van der Waals surface area (Å²) in [6.07, 6.45) is 0.696. The molecular formula is C21H26N4O3S. The normalized spacial score (nSPS) is 13.0. The van der Waals surface area contributed by atoms with Gasteiger partial charge in [0.1, 0.15) is 11.9 Å². The van der Waals surface area contributed by atoms with E-state index in [-0.39, 0.29) is 10.8 Å². The highest BCUT2D eigenvalue weighted by molar-refractivity contribution is 7.89. The van der Waals surface area contributed by atoms with Crippen LogP contribution in [0.3, 0.4) is 0 Å². The summed E-state index contributed by atoms with van der Waals surface area (Å²) in [5.41, 5.74) is 2.81. The van der Waals surface area contributed by atoms with Gasteiger partial charge in [0, 0.05) is 26.2 Å². The monoisotopic (exact) mass is 414 g/mol. The number of nitrogens with zero attached hydrogens (tertiary/aromatic N) is 3. The number of nitrogens with one attached hydrogen (secondary N) is 1. The van der Waals surface area contributed by atoms with Crippen molar-refractivity contribution in [2.75, 3.05) is 19.4 Å². The van der Waals surface area contributed by atoms with E-state index in [4.69, 9.17) is 0 Å². The van der Waals surface area contributed by atoms with Crippen LogP contribution >= 0.6 is 0 Å². The summed E-state index contributed by atoms with van der Waals surface area (Å²) in [4.78, 5) is 17.8. The molecule has 7 nitrogen and oxygen atoms in total. The SMILES string of the molecule is CCc1nc2ccccc2n1[C@@H](C)C(=O)Nc1ccc(C)c(S(=O)(=O)N(C)C)c1. The lowest BCUT2D eigenvalue weighted by atomic mass is 10.2. The summed E-state index contributed by atoms with van der Waals surface area (Å²) in [7, 11) is -0.633. The average Bonchev–Trinajstić information content (AvgIpc) is 3.07. The molecule has 0 saturated carbocycles. The molecule has 0 saturated heterocycles. The van der Waals surface area contributed by atoms with Crippen LogP contribution in [0.2, 0.25) is 0 Å². The quantitative estimate of drug-likeness (QED) is 0.670. The highest BCUT2D eigenvalue weighted by Crippen LogP contribution is 2.25. The van der Waals surface area contributed by atoms with E-state index in [1.54, 1.807) is 19.1 Å². The molecule has 0 aliphatic heterocycles. The number of aromatic nitrogens is 2. The van der Waals surface area contributed by atoms with Crippen molar-refractivity contribution in [3.05, 3.63) is 53.9 Å². The molecule has 0 aliphatic carbocycles. The number of hydrogen-bond acceptors (Lipinski definition) is 4. The number of para-hydroxylation sites is 2. The van der Waals surface area contributed by atoms with Crippen molar-refractivity contribution in [2.24, 2.45) is 0 Å². The first kappa shape index (κ1) is 21.0. The van der Waals surface area contributed by atoms with E-state index < -0.39 is 16.1 Å². The molecule has 1 aromatic heterocycles. The Morgan fingerprint density at radius 2 is 1.90 bits per heavy atom. The molecule has 0 fully saturated rings. The van der Waals surface area contributed by atoms with Crippen molar-refractivity contribution < 1.29 is 13.2 Å². The van der Waals surface area contributed by atoms with Crippen LogP contribution in [0.4, 0.5) is 5.69 Å². The second kappa shape index (κ2) is 7.96. The third kappa shape index (κ3) is 3.90. The van der Waals surface area contributed by atoms with Gasteiger partial charge in [-0.1, -0.05) is 25.1 Å². The van der Waals surface area contributed by atoms with Crippen molar-refractivity contribution in [1.29, 1.82) is 0 Å². The van der Waals surface area contributed by atoms with E-state index in [9.17, 15) is 13.2 Å². The molecule has 0 unspecified atom stereocenters. The fraction of sp³-hybridized carbons (Fsp3) is 0.333. The number of carbonyl (C=O) groups is 1. The molecule has 0 spiro atoms. The summed E-state index contributed by atoms with van der Waals surface area (Å²) in [6.45, 7) is 5.55. The van der Waals surface area contributed by atoms with Gasteiger partial charge in [-0.15, -0.1) is 0 Å². The number of anilines is 1. The first-order valence-electron chi connectivity index (χ1n) is 9.46. The number of fused-ring (bicyclic) bond motifs is 1. The predicted molar refractivity (Wildman–Crippen MR) is 115 cm³/mol. The molecule has 0 aliphatic rings. The minimum absolute atomic E-state index is 0.176. The van der Waals surface area contributed by atoms with E-state index in [1.807, 2.05) is 42.7 Å².